The van der Waals surface area contributed by atoms with Crippen LogP contribution in [0, 0.1) is 35.5 Å². The summed E-state index contributed by atoms with van der Waals surface area (Å²) < 4.78 is 35.4. The van der Waals surface area contributed by atoms with E-state index < -0.39 is 102 Å². The number of rotatable bonds is 9. The van der Waals surface area contributed by atoms with Gasteiger partial charge in [-0.3, -0.25) is 19.2 Å². The lowest BCUT2D eigenvalue weighted by Gasteiger charge is -2.42. The Labute approximate surface area is 427 Å². The SMILES string of the molecule is COC1CC2CC[C@@H](C)[C@@](O)(O2)C(=O)C(=O)N2CCCC[C@H]2C(=O)OC(C(C)CC2CC[C@@H](OC(=O)NCCS)C(OC)C2)CC(=O)C(C)/C=C(\C)[C@@H](O)C(OC)C(=O)[C@H](C)CC(C)\C=C/C=C/C=C/1C. The maximum absolute atomic E-state index is 14.5. The van der Waals surface area contributed by atoms with Gasteiger partial charge in [-0.2, -0.15) is 12.6 Å². The van der Waals surface area contributed by atoms with Gasteiger partial charge in [-0.1, -0.05) is 71.1 Å². The number of amides is 2. The minimum atomic E-state index is -2.45. The van der Waals surface area contributed by atoms with Gasteiger partial charge in [0.2, 0.25) is 5.79 Å². The summed E-state index contributed by atoms with van der Waals surface area (Å²) in [5.74, 6) is -7.81. The van der Waals surface area contributed by atoms with Gasteiger partial charge < -0.3 is 48.9 Å². The van der Waals surface area contributed by atoms with Gasteiger partial charge in [0.05, 0.1) is 18.3 Å². The van der Waals surface area contributed by atoms with Gasteiger partial charge in [-0.15, -0.1) is 0 Å². The fourth-order valence-electron chi connectivity index (χ4n) is 10.6. The van der Waals surface area contributed by atoms with Crippen LogP contribution < -0.4 is 5.32 Å². The molecule has 2 saturated heterocycles. The largest absolute Gasteiger partial charge is 0.460 e. The summed E-state index contributed by atoms with van der Waals surface area (Å²) in [6.45, 7) is 13.0. The number of thiol groups is 1. The fraction of sp³-hybridized carbons (Fsp3) is 0.741. The van der Waals surface area contributed by atoms with Crippen LogP contribution in [0.1, 0.15) is 126 Å². The molecule has 0 radical (unpaired) electrons. The molecule has 1 aliphatic carbocycles. The molecule has 400 valence electrons. The second kappa shape index (κ2) is 28.7. The van der Waals surface area contributed by atoms with Crippen LogP contribution in [0.3, 0.4) is 0 Å². The van der Waals surface area contributed by atoms with E-state index in [1.165, 1.54) is 12.0 Å². The van der Waals surface area contributed by atoms with E-state index in [2.05, 4.69) is 17.9 Å². The average molecular weight is 1020 g/mol. The molecule has 3 fully saturated rings. The normalized spacial score (nSPS) is 37.8. The molecule has 1 saturated carbocycles. The second-order valence-corrected chi connectivity index (χ2v) is 21.1. The number of aliphatic hydroxyl groups excluding tert-OH is 1. The number of carbonyl (C=O) groups excluding carboxylic acids is 6. The van der Waals surface area contributed by atoms with Crippen molar-refractivity contribution in [2.45, 2.75) is 180 Å². The Kier molecular flexibility index (Phi) is 24.2. The minimum absolute atomic E-state index is 0.00597. The maximum atomic E-state index is 14.5. The summed E-state index contributed by atoms with van der Waals surface area (Å²) in [6.07, 6.45) is 10.2. The van der Waals surface area contributed by atoms with E-state index in [9.17, 15) is 39.0 Å². The molecular formula is C54H84N2O14S. The highest BCUT2D eigenvalue weighted by molar-refractivity contribution is 7.80. The minimum Gasteiger partial charge on any atom is -0.460 e. The Balaban J connectivity index is 1.69. The van der Waals surface area contributed by atoms with E-state index in [1.54, 1.807) is 41.1 Å². The Morgan fingerprint density at radius 2 is 1.63 bits per heavy atom. The number of methoxy groups -OCH3 is 3. The number of hydrogen-bond donors (Lipinski definition) is 4. The van der Waals surface area contributed by atoms with Crippen LogP contribution in [-0.2, 0) is 52.4 Å². The molecule has 71 heavy (non-hydrogen) atoms. The van der Waals surface area contributed by atoms with Crippen molar-refractivity contribution in [1.29, 1.82) is 0 Å². The number of carbonyl (C=O) groups is 6. The molecule has 0 aromatic rings. The highest BCUT2D eigenvalue weighted by Crippen LogP contribution is 2.38. The summed E-state index contributed by atoms with van der Waals surface area (Å²) in [7, 11) is 4.51. The maximum Gasteiger partial charge on any atom is 0.407 e. The number of ketones is 3. The van der Waals surface area contributed by atoms with E-state index in [-0.39, 0.29) is 42.8 Å². The Morgan fingerprint density at radius 1 is 0.901 bits per heavy atom. The number of fused-ring (bicyclic) bond motifs is 3. The topological polar surface area (TPSA) is 214 Å². The molecule has 4 aliphatic rings. The van der Waals surface area contributed by atoms with Crippen molar-refractivity contribution in [3.8, 4) is 0 Å². The smallest absolute Gasteiger partial charge is 0.407 e. The van der Waals surface area contributed by atoms with Crippen molar-refractivity contribution in [3.05, 3.63) is 47.6 Å². The average Bonchev–Trinajstić information content (AvgIpc) is 3.35. The van der Waals surface area contributed by atoms with Crippen LogP contribution >= 0.6 is 12.6 Å². The summed E-state index contributed by atoms with van der Waals surface area (Å²) in [5.41, 5.74) is 1.24. The summed E-state index contributed by atoms with van der Waals surface area (Å²) in [6, 6.07) is -1.17. The lowest BCUT2D eigenvalue weighted by molar-refractivity contribution is -0.265. The number of cyclic esters (lactones) is 1. The molecule has 4 rings (SSSR count). The second-order valence-electron chi connectivity index (χ2n) is 20.6. The molecule has 0 aromatic heterocycles. The molecule has 3 heterocycles. The zero-order chi connectivity index (χ0) is 52.6. The standard InChI is InChI=1S/C54H84N2O14S/c1-32-16-12-11-13-17-33(2)44(65-8)30-40-21-19-38(7)54(64,70-40)50(60)51(61)56-24-15-14-18-41(56)52(62)68-45(31-42(57)34(3)27-37(6)48(59)49(67-10)47(58)36(5)26-32)35(4)28-39-20-22-43(46(29-39)66-9)69-53(63)55-23-25-71/h11-13,16-17,27,32,34-36,38-41,43-46,48-49,59,64,71H,14-15,18-26,28-31H2,1-10H3,(H,55,63)/b13-11+,16-12-,33-17+,37-27+/t32?,34?,35?,36-,38-,39?,40?,41+,43-,44?,45?,46?,48-,49?,54-/m1/s1. The van der Waals surface area contributed by atoms with E-state index in [1.807, 2.05) is 58.1 Å². The number of nitrogens with zero attached hydrogens (tertiary/aromatic N) is 1. The zero-order valence-electron chi connectivity index (χ0n) is 43.8. The summed E-state index contributed by atoms with van der Waals surface area (Å²) >= 11 is 4.14. The molecule has 0 aromatic carbocycles. The van der Waals surface area contributed by atoms with Crippen molar-refractivity contribution >= 4 is 47.9 Å². The fourth-order valence-corrected chi connectivity index (χ4v) is 10.7. The van der Waals surface area contributed by atoms with Crippen molar-refractivity contribution in [2.24, 2.45) is 35.5 Å². The number of nitrogens with one attached hydrogen (secondary N) is 1. The van der Waals surface area contributed by atoms with Crippen molar-refractivity contribution in [2.75, 3.05) is 40.2 Å². The lowest BCUT2D eigenvalue weighted by atomic mass is 9.78. The molecule has 9 unspecified atom stereocenters. The predicted octanol–water partition coefficient (Wildman–Crippen LogP) is 6.84. The third kappa shape index (κ3) is 16.6. The number of Topliss-reactive ketones (excluding diaryl/α,β-unsaturated/α-hetero) is 3. The predicted molar refractivity (Wildman–Crippen MR) is 271 cm³/mol. The summed E-state index contributed by atoms with van der Waals surface area (Å²) in [4.78, 5) is 84.8. The monoisotopic (exact) mass is 1020 g/mol. The number of ether oxygens (including phenoxy) is 6. The van der Waals surface area contributed by atoms with Crippen LogP contribution in [0.5, 0.6) is 0 Å². The van der Waals surface area contributed by atoms with Crippen molar-refractivity contribution in [1.82, 2.24) is 10.2 Å². The highest BCUT2D eigenvalue weighted by atomic mass is 32.1. The molecule has 15 atom stereocenters. The van der Waals surface area contributed by atoms with E-state index in [0.717, 1.165) is 5.57 Å². The molecule has 2 bridgehead atoms. The molecule has 17 heteroatoms. The number of allylic oxidation sites excluding steroid dienone is 6. The Bertz CT molecular complexity index is 1940. The first-order valence-electron chi connectivity index (χ1n) is 25.7. The summed E-state index contributed by atoms with van der Waals surface area (Å²) in [5, 5.41) is 26.2. The van der Waals surface area contributed by atoms with E-state index in [4.69, 9.17) is 28.4 Å². The molecule has 3 aliphatic heterocycles. The first-order chi connectivity index (χ1) is 33.7. The van der Waals surface area contributed by atoms with Crippen LogP contribution in [0.4, 0.5) is 4.79 Å². The quantitative estimate of drug-likeness (QED) is 0.0806. The van der Waals surface area contributed by atoms with Gasteiger partial charge in [0.15, 0.2) is 5.78 Å². The van der Waals surface area contributed by atoms with Crippen LogP contribution in [0.25, 0.3) is 0 Å². The number of hydrogen-bond acceptors (Lipinski definition) is 15. The van der Waals surface area contributed by atoms with Gasteiger partial charge in [0, 0.05) is 70.8 Å². The number of alkyl carbamates (subject to hydrolysis) is 1. The third-order valence-corrected chi connectivity index (χ3v) is 15.3. The van der Waals surface area contributed by atoms with E-state index in [0.29, 0.717) is 82.1 Å². The Morgan fingerprint density at radius 3 is 2.31 bits per heavy atom. The van der Waals surface area contributed by atoms with Gasteiger partial charge in [-0.05, 0) is 107 Å². The Hall–Kier alpha value is -3.71. The van der Waals surface area contributed by atoms with Gasteiger partial charge in [0.1, 0.15) is 36.2 Å². The van der Waals surface area contributed by atoms with Gasteiger partial charge in [-0.25, -0.2) is 9.59 Å². The van der Waals surface area contributed by atoms with Crippen molar-refractivity contribution < 1.29 is 67.4 Å². The lowest BCUT2D eigenvalue weighted by Crippen LogP contribution is -2.61. The van der Waals surface area contributed by atoms with Crippen molar-refractivity contribution in [3.63, 3.8) is 0 Å². The molecule has 0 spiro atoms. The first-order valence-corrected chi connectivity index (χ1v) is 26.4. The van der Waals surface area contributed by atoms with Crippen LogP contribution in [-0.4, -0.2) is 145 Å². The molecule has 16 nitrogen and oxygen atoms in total. The van der Waals surface area contributed by atoms with Crippen LogP contribution in [0.15, 0.2) is 47.6 Å². The van der Waals surface area contributed by atoms with Gasteiger partial charge in [0.25, 0.3) is 11.7 Å². The zero-order valence-corrected chi connectivity index (χ0v) is 44.7. The molecule has 2 amide bonds. The third-order valence-electron chi connectivity index (χ3n) is 15.1. The van der Waals surface area contributed by atoms with Gasteiger partial charge >= 0.3 is 12.1 Å². The van der Waals surface area contributed by atoms with Crippen LogP contribution in [0.2, 0.25) is 0 Å². The molecule has 3 N–H and O–H groups in total. The highest BCUT2D eigenvalue weighted by Gasteiger charge is 2.53. The number of aliphatic hydroxyl groups is 2. The first kappa shape index (κ1) is 59.8. The number of piperidine rings is 1. The van der Waals surface area contributed by atoms with E-state index >= 15 is 0 Å². The number of esters is 1. The molecular weight excluding hydrogens is 933 g/mol.